The molecule has 0 fully saturated rings. The molecule has 0 heterocycles. The predicted molar refractivity (Wildman–Crippen MR) is 127 cm³/mol. The molecule has 2 aromatic rings. The van der Waals surface area contributed by atoms with Crippen LogP contribution in [-0.2, 0) is 32.5 Å². The average molecular weight is 429 g/mol. The van der Waals surface area contributed by atoms with Crippen LogP contribution in [-0.4, -0.2) is 23.4 Å². The van der Waals surface area contributed by atoms with Gasteiger partial charge in [-0.05, 0) is 39.5 Å². The second-order valence-electron chi connectivity index (χ2n) is 9.80. The number of phenols is 1. The lowest BCUT2D eigenvalue weighted by atomic mass is 9.78. The Morgan fingerprint density at radius 3 is 2.03 bits per heavy atom. The first kappa shape index (κ1) is 24.3. The molecule has 3 nitrogen and oxygen atoms in total. The molecular formula is C26H36O3S. The van der Waals surface area contributed by atoms with Gasteiger partial charge in [-0.25, -0.2) is 0 Å². The number of carbonyl (C=O) groups excluding carboxylic acids is 1. The second-order valence-corrected chi connectivity index (χ2v) is 10.9. The molecule has 0 amide bonds. The van der Waals surface area contributed by atoms with E-state index in [0.29, 0.717) is 25.2 Å². The van der Waals surface area contributed by atoms with Crippen molar-refractivity contribution in [2.75, 3.05) is 12.4 Å². The van der Waals surface area contributed by atoms with Gasteiger partial charge in [-0.1, -0.05) is 84.0 Å². The van der Waals surface area contributed by atoms with E-state index in [-0.39, 0.29) is 16.8 Å². The molecule has 2 aromatic carbocycles. The third-order valence-electron chi connectivity index (χ3n) is 5.01. The van der Waals surface area contributed by atoms with Gasteiger partial charge < -0.3 is 9.84 Å². The van der Waals surface area contributed by atoms with Gasteiger partial charge in [0.2, 0.25) is 0 Å². The largest absolute Gasteiger partial charge is 0.507 e. The molecule has 30 heavy (non-hydrogen) atoms. The van der Waals surface area contributed by atoms with E-state index in [1.54, 1.807) is 11.8 Å². The Morgan fingerprint density at radius 1 is 0.933 bits per heavy atom. The maximum absolute atomic E-state index is 12.2. The summed E-state index contributed by atoms with van der Waals surface area (Å²) >= 11 is 1.77. The number of rotatable bonds is 8. The Hall–Kier alpha value is -1.94. The predicted octanol–water partition coefficient (Wildman–Crippen LogP) is 6.40. The van der Waals surface area contributed by atoms with Crippen molar-refractivity contribution in [3.63, 3.8) is 0 Å². The van der Waals surface area contributed by atoms with Crippen molar-refractivity contribution in [2.45, 2.75) is 71.0 Å². The Morgan fingerprint density at radius 2 is 1.50 bits per heavy atom. The number of hydrogen-bond donors (Lipinski definition) is 1. The molecule has 0 bridgehead atoms. The van der Waals surface area contributed by atoms with Gasteiger partial charge in [0.1, 0.15) is 12.4 Å². The van der Waals surface area contributed by atoms with Crippen LogP contribution in [0.3, 0.4) is 0 Å². The summed E-state index contributed by atoms with van der Waals surface area (Å²) < 4.78 is 5.41. The van der Waals surface area contributed by atoms with Gasteiger partial charge in [0, 0.05) is 17.9 Å². The number of aromatic hydroxyl groups is 1. The lowest BCUT2D eigenvalue weighted by molar-refractivity contribution is -0.142. The first-order chi connectivity index (χ1) is 14.0. The summed E-state index contributed by atoms with van der Waals surface area (Å²) in [5.41, 5.74) is 3.86. The summed E-state index contributed by atoms with van der Waals surface area (Å²) in [5, 5.41) is 10.8. The van der Waals surface area contributed by atoms with E-state index >= 15 is 0 Å². The zero-order valence-corrected chi connectivity index (χ0v) is 20.1. The maximum atomic E-state index is 12.2. The maximum Gasteiger partial charge on any atom is 0.306 e. The van der Waals surface area contributed by atoms with Crippen molar-refractivity contribution < 1.29 is 14.6 Å². The highest BCUT2D eigenvalue weighted by Gasteiger charge is 2.26. The molecule has 0 radical (unpaired) electrons. The molecule has 0 spiro atoms. The molecule has 0 saturated heterocycles. The van der Waals surface area contributed by atoms with Crippen LogP contribution in [0.1, 0.15) is 70.2 Å². The van der Waals surface area contributed by atoms with Gasteiger partial charge in [-0.3, -0.25) is 4.79 Å². The second kappa shape index (κ2) is 10.4. The minimum atomic E-state index is -0.170. The van der Waals surface area contributed by atoms with Crippen molar-refractivity contribution in [3.8, 4) is 5.75 Å². The molecule has 0 atom stereocenters. The number of ether oxygens (including phenoxy) is 1. The zero-order valence-electron chi connectivity index (χ0n) is 19.2. The summed E-state index contributed by atoms with van der Waals surface area (Å²) in [6, 6.07) is 14.4. The van der Waals surface area contributed by atoms with Gasteiger partial charge in [0.25, 0.3) is 0 Å². The van der Waals surface area contributed by atoms with Crippen molar-refractivity contribution in [1.29, 1.82) is 0 Å². The molecule has 0 aliphatic rings. The fraction of sp³-hybridized carbons (Fsp3) is 0.500. The molecule has 2 rings (SSSR count). The highest BCUT2D eigenvalue weighted by molar-refractivity contribution is 7.98. The number of esters is 1. The quantitative estimate of drug-likeness (QED) is 0.390. The highest BCUT2D eigenvalue weighted by Crippen LogP contribution is 2.40. The van der Waals surface area contributed by atoms with Crippen molar-refractivity contribution in [2.24, 2.45) is 0 Å². The molecule has 0 aromatic heterocycles. The van der Waals surface area contributed by atoms with Crippen LogP contribution in [0.5, 0.6) is 5.75 Å². The molecular weight excluding hydrogens is 392 g/mol. The third kappa shape index (κ3) is 7.39. The third-order valence-corrected chi connectivity index (χ3v) is 6.00. The minimum absolute atomic E-state index is 0.169. The lowest BCUT2D eigenvalue weighted by Gasteiger charge is -2.28. The Labute approximate surface area is 186 Å². The SMILES string of the molecule is CC(C)(C)c1cc(CCC(=O)OCCSCc2ccccc2)cc(C(C)(C)C)c1O. The fourth-order valence-electron chi connectivity index (χ4n) is 3.28. The van der Waals surface area contributed by atoms with Crippen LogP contribution in [0, 0.1) is 0 Å². The zero-order chi connectivity index (χ0) is 22.4. The summed E-state index contributed by atoms with van der Waals surface area (Å²) in [5.74, 6) is 1.92. The fourth-order valence-corrected chi connectivity index (χ4v) is 4.05. The van der Waals surface area contributed by atoms with Crippen LogP contribution in [0.2, 0.25) is 0 Å². The molecule has 1 N–H and O–H groups in total. The van der Waals surface area contributed by atoms with Crippen LogP contribution in [0.4, 0.5) is 0 Å². The standard InChI is InChI=1S/C26H36O3S/c1-25(2,3)21-16-20(17-22(24(21)28)26(4,5)6)12-13-23(27)29-14-15-30-18-19-10-8-7-9-11-19/h7-11,16-17,28H,12-15,18H2,1-6H3. The highest BCUT2D eigenvalue weighted by atomic mass is 32.2. The normalized spacial score (nSPS) is 12.1. The topological polar surface area (TPSA) is 46.5 Å². The van der Waals surface area contributed by atoms with Gasteiger partial charge in [0.05, 0.1) is 0 Å². The average Bonchev–Trinajstić information content (AvgIpc) is 2.66. The summed E-state index contributed by atoms with van der Waals surface area (Å²) in [7, 11) is 0. The number of carbonyl (C=O) groups is 1. The van der Waals surface area contributed by atoms with Gasteiger partial charge in [0.15, 0.2) is 0 Å². The van der Waals surface area contributed by atoms with E-state index in [9.17, 15) is 9.90 Å². The monoisotopic (exact) mass is 428 g/mol. The van der Waals surface area contributed by atoms with E-state index in [1.165, 1.54) is 5.56 Å². The van der Waals surface area contributed by atoms with Crippen molar-refractivity contribution in [1.82, 2.24) is 0 Å². The van der Waals surface area contributed by atoms with Gasteiger partial charge in [-0.2, -0.15) is 11.8 Å². The molecule has 0 aliphatic carbocycles. The summed E-state index contributed by atoms with van der Waals surface area (Å²) in [6.07, 6.45) is 0.962. The van der Waals surface area contributed by atoms with Crippen molar-refractivity contribution >= 4 is 17.7 Å². The van der Waals surface area contributed by atoms with Crippen LogP contribution < -0.4 is 0 Å². The van der Waals surface area contributed by atoms with E-state index in [2.05, 4.69) is 53.7 Å². The Balaban J connectivity index is 1.89. The number of aryl methyl sites for hydroxylation is 1. The number of hydrogen-bond acceptors (Lipinski definition) is 4. The molecule has 0 aliphatic heterocycles. The molecule has 0 saturated carbocycles. The molecule has 4 heteroatoms. The Kier molecular flexibility index (Phi) is 8.42. The number of benzene rings is 2. The van der Waals surface area contributed by atoms with Crippen LogP contribution >= 0.6 is 11.8 Å². The van der Waals surface area contributed by atoms with Gasteiger partial charge in [-0.15, -0.1) is 0 Å². The lowest BCUT2D eigenvalue weighted by Crippen LogP contribution is -2.18. The van der Waals surface area contributed by atoms with Crippen LogP contribution in [0.25, 0.3) is 0 Å². The summed E-state index contributed by atoms with van der Waals surface area (Å²) in [4.78, 5) is 12.2. The first-order valence-corrected chi connectivity index (χ1v) is 11.8. The van der Waals surface area contributed by atoms with Crippen molar-refractivity contribution in [3.05, 3.63) is 64.7 Å². The van der Waals surface area contributed by atoms with E-state index in [1.807, 2.05) is 30.3 Å². The number of phenolic OH excluding ortho intramolecular Hbond substituents is 1. The summed E-state index contributed by atoms with van der Waals surface area (Å²) in [6.45, 7) is 13.0. The molecule has 164 valence electrons. The smallest absolute Gasteiger partial charge is 0.306 e. The first-order valence-electron chi connectivity index (χ1n) is 10.6. The van der Waals surface area contributed by atoms with E-state index < -0.39 is 0 Å². The van der Waals surface area contributed by atoms with Crippen LogP contribution in [0.15, 0.2) is 42.5 Å². The minimum Gasteiger partial charge on any atom is -0.507 e. The van der Waals surface area contributed by atoms with Gasteiger partial charge >= 0.3 is 5.97 Å². The number of thioether (sulfide) groups is 1. The van der Waals surface area contributed by atoms with E-state index in [0.717, 1.165) is 28.2 Å². The molecule has 0 unspecified atom stereocenters. The van der Waals surface area contributed by atoms with E-state index in [4.69, 9.17) is 4.74 Å². The Bertz CT molecular complexity index is 795.